The van der Waals surface area contributed by atoms with Gasteiger partial charge in [-0.15, -0.1) is 5.10 Å². The summed E-state index contributed by atoms with van der Waals surface area (Å²) in [5, 5.41) is 6.83. The topological polar surface area (TPSA) is 84.6 Å². The maximum absolute atomic E-state index is 14.1. The van der Waals surface area contributed by atoms with E-state index in [0.717, 1.165) is 17.8 Å². The van der Waals surface area contributed by atoms with Gasteiger partial charge in [0.2, 0.25) is 5.91 Å². The zero-order chi connectivity index (χ0) is 24.8. The van der Waals surface area contributed by atoms with Gasteiger partial charge in [0.1, 0.15) is 11.3 Å². The number of fused-ring (bicyclic) bond motifs is 1. The van der Waals surface area contributed by atoms with Gasteiger partial charge < -0.3 is 15.0 Å². The fourth-order valence-electron chi connectivity index (χ4n) is 3.72. The third kappa shape index (κ3) is 4.70. The molecule has 1 aliphatic rings. The van der Waals surface area contributed by atoms with E-state index in [4.69, 9.17) is 4.74 Å². The fraction of sp³-hybridized carbons (Fsp3) is 0.478. The number of halogens is 3. The number of aromatic nitrogens is 4. The summed E-state index contributed by atoms with van der Waals surface area (Å²) >= 11 is 0. The van der Waals surface area contributed by atoms with E-state index in [1.54, 1.807) is 31.5 Å². The predicted octanol–water partition coefficient (Wildman–Crippen LogP) is 4.33. The molecule has 3 aromatic rings. The van der Waals surface area contributed by atoms with Gasteiger partial charge in [0.05, 0.1) is 30.4 Å². The van der Waals surface area contributed by atoms with Crippen LogP contribution in [-0.4, -0.2) is 51.3 Å². The zero-order valence-electron chi connectivity index (χ0n) is 19.7. The van der Waals surface area contributed by atoms with Crippen molar-refractivity contribution in [1.29, 1.82) is 0 Å². The number of hydrogen-bond acceptors (Lipinski definition) is 6. The van der Waals surface area contributed by atoms with Gasteiger partial charge in [-0.3, -0.25) is 4.79 Å². The third-order valence-electron chi connectivity index (χ3n) is 5.59. The van der Waals surface area contributed by atoms with Crippen molar-refractivity contribution >= 4 is 23.1 Å². The highest BCUT2D eigenvalue weighted by atomic mass is 19.4. The lowest BCUT2D eigenvalue weighted by Crippen LogP contribution is -2.44. The van der Waals surface area contributed by atoms with E-state index in [0.29, 0.717) is 31.1 Å². The number of aryl methyl sites for hydroxylation is 1. The van der Waals surface area contributed by atoms with E-state index >= 15 is 0 Å². The first kappa shape index (κ1) is 23.9. The summed E-state index contributed by atoms with van der Waals surface area (Å²) < 4.78 is 49.3. The number of carbonyl (C=O) groups excluding carboxylic acids is 1. The van der Waals surface area contributed by atoms with E-state index in [1.807, 2.05) is 24.8 Å². The predicted molar refractivity (Wildman–Crippen MR) is 122 cm³/mol. The second-order valence-electron chi connectivity index (χ2n) is 9.54. The lowest BCUT2D eigenvalue weighted by Gasteiger charge is -2.34. The Kier molecular flexibility index (Phi) is 6.01. The van der Waals surface area contributed by atoms with Crippen LogP contribution >= 0.6 is 0 Å². The maximum atomic E-state index is 14.1. The minimum absolute atomic E-state index is 0.00861. The number of amides is 1. The van der Waals surface area contributed by atoms with Crippen molar-refractivity contribution in [3.8, 4) is 11.4 Å². The Hall–Kier alpha value is -3.21. The number of pyridine rings is 1. The number of anilines is 2. The van der Waals surface area contributed by atoms with Crippen molar-refractivity contribution in [3.63, 3.8) is 0 Å². The first-order chi connectivity index (χ1) is 15.8. The first-order valence-corrected chi connectivity index (χ1v) is 10.9. The summed E-state index contributed by atoms with van der Waals surface area (Å²) in [4.78, 5) is 22.9. The van der Waals surface area contributed by atoms with Crippen molar-refractivity contribution in [2.24, 2.45) is 5.41 Å². The smallest absolute Gasteiger partial charge is 0.377 e. The molecular formula is C23H27F3N6O2. The Morgan fingerprint density at radius 3 is 2.62 bits per heavy atom. The molecule has 1 fully saturated rings. The van der Waals surface area contributed by atoms with Crippen LogP contribution in [0.15, 0.2) is 24.5 Å². The van der Waals surface area contributed by atoms with Crippen LogP contribution in [0.1, 0.15) is 38.8 Å². The summed E-state index contributed by atoms with van der Waals surface area (Å²) in [6, 6.07) is 2.71. The second-order valence-corrected chi connectivity index (χ2v) is 9.54. The molecule has 0 bridgehead atoms. The Labute approximate surface area is 195 Å². The molecule has 34 heavy (non-hydrogen) atoms. The largest absolute Gasteiger partial charge is 0.417 e. The van der Waals surface area contributed by atoms with Crippen LogP contribution in [0, 0.1) is 12.3 Å². The lowest BCUT2D eigenvalue weighted by atomic mass is 9.96. The molecule has 0 radical (unpaired) electrons. The van der Waals surface area contributed by atoms with E-state index in [9.17, 15) is 18.0 Å². The minimum Gasteiger partial charge on any atom is -0.377 e. The van der Waals surface area contributed by atoms with Crippen LogP contribution in [0.25, 0.3) is 16.9 Å². The highest BCUT2D eigenvalue weighted by molar-refractivity contribution is 5.94. The molecule has 1 saturated heterocycles. The van der Waals surface area contributed by atoms with Crippen molar-refractivity contribution < 1.29 is 22.7 Å². The fourth-order valence-corrected chi connectivity index (χ4v) is 3.72. The van der Waals surface area contributed by atoms with Gasteiger partial charge in [0.25, 0.3) is 0 Å². The van der Waals surface area contributed by atoms with Crippen LogP contribution < -0.4 is 10.2 Å². The molecule has 3 aromatic heterocycles. The average Bonchev–Trinajstić information content (AvgIpc) is 3.12. The number of nitrogens with one attached hydrogen (secondary N) is 1. The molecule has 11 heteroatoms. The molecule has 4 heterocycles. The number of rotatable bonds is 3. The van der Waals surface area contributed by atoms with Crippen molar-refractivity contribution in [3.05, 3.63) is 35.7 Å². The van der Waals surface area contributed by atoms with Crippen LogP contribution in [0.3, 0.4) is 0 Å². The number of morpholine rings is 1. The molecular weight excluding hydrogens is 449 g/mol. The number of carbonyl (C=O) groups is 1. The number of nitrogens with zero attached hydrogens (tertiary/aromatic N) is 5. The standard InChI is InChI=1S/C23H27F3N6O2/c1-13-8-17-20(31-6-7-34-12-14(31)2)29-19(30-32(17)11-13)15-10-27-18(9-16(15)23(24,25)26)28-21(33)22(3,4)5/h8-11,14H,6-7,12H2,1-5H3,(H,27,28,33)/t14-/m0/s1. The number of hydrogen-bond donors (Lipinski definition) is 1. The Bertz CT molecular complexity index is 1230. The highest BCUT2D eigenvalue weighted by Crippen LogP contribution is 2.38. The second kappa shape index (κ2) is 8.53. The van der Waals surface area contributed by atoms with Crippen LogP contribution in [0.5, 0.6) is 0 Å². The maximum Gasteiger partial charge on any atom is 0.417 e. The van der Waals surface area contributed by atoms with Gasteiger partial charge in [-0.2, -0.15) is 13.2 Å². The van der Waals surface area contributed by atoms with Gasteiger partial charge >= 0.3 is 6.18 Å². The summed E-state index contributed by atoms with van der Waals surface area (Å²) in [7, 11) is 0. The Morgan fingerprint density at radius 2 is 1.97 bits per heavy atom. The Morgan fingerprint density at radius 1 is 1.24 bits per heavy atom. The van der Waals surface area contributed by atoms with E-state index in [1.165, 1.54) is 0 Å². The molecule has 1 N–H and O–H groups in total. The monoisotopic (exact) mass is 476 g/mol. The Balaban J connectivity index is 1.85. The molecule has 1 aliphatic heterocycles. The number of alkyl halides is 3. The van der Waals surface area contributed by atoms with E-state index in [2.05, 4.69) is 20.4 Å². The van der Waals surface area contributed by atoms with Gasteiger partial charge in [-0.05, 0) is 31.5 Å². The molecule has 0 aliphatic carbocycles. The molecule has 0 aromatic carbocycles. The average molecular weight is 477 g/mol. The van der Waals surface area contributed by atoms with Crippen molar-refractivity contribution in [2.45, 2.75) is 46.8 Å². The van der Waals surface area contributed by atoms with Crippen LogP contribution in [-0.2, 0) is 15.7 Å². The SMILES string of the molecule is Cc1cc2c(N3CCOC[C@@H]3C)nc(-c3cnc(NC(=O)C(C)(C)C)cc3C(F)(F)F)nn2c1. The van der Waals surface area contributed by atoms with Gasteiger partial charge in [-0.1, -0.05) is 20.8 Å². The third-order valence-corrected chi connectivity index (χ3v) is 5.59. The van der Waals surface area contributed by atoms with Crippen molar-refractivity contribution in [1.82, 2.24) is 19.6 Å². The first-order valence-electron chi connectivity index (χ1n) is 10.9. The van der Waals surface area contributed by atoms with E-state index < -0.39 is 23.1 Å². The van der Waals surface area contributed by atoms with Crippen LogP contribution in [0.2, 0.25) is 0 Å². The molecule has 1 atom stereocenters. The summed E-state index contributed by atoms with van der Waals surface area (Å²) in [6.45, 7) is 10.4. The van der Waals surface area contributed by atoms with Crippen LogP contribution in [0.4, 0.5) is 24.8 Å². The highest BCUT2D eigenvalue weighted by Gasteiger charge is 2.36. The number of ether oxygens (including phenoxy) is 1. The molecule has 182 valence electrons. The molecule has 1 amide bonds. The molecule has 4 rings (SSSR count). The summed E-state index contributed by atoms with van der Waals surface area (Å²) in [5.74, 6) is -0.196. The molecule has 8 nitrogen and oxygen atoms in total. The minimum atomic E-state index is -4.71. The van der Waals surface area contributed by atoms with Gasteiger partial charge in [0, 0.05) is 24.4 Å². The van der Waals surface area contributed by atoms with Crippen molar-refractivity contribution in [2.75, 3.05) is 30.0 Å². The normalized spacial score (nSPS) is 17.3. The molecule has 0 saturated carbocycles. The zero-order valence-corrected chi connectivity index (χ0v) is 19.7. The van der Waals surface area contributed by atoms with E-state index in [-0.39, 0.29) is 23.2 Å². The molecule has 0 spiro atoms. The summed E-state index contributed by atoms with van der Waals surface area (Å²) in [6.07, 6.45) is -1.91. The quantitative estimate of drug-likeness (QED) is 0.606. The molecule has 0 unspecified atom stereocenters. The summed E-state index contributed by atoms with van der Waals surface area (Å²) in [5.41, 5.74) is -0.427. The van der Waals surface area contributed by atoms with Gasteiger partial charge in [-0.25, -0.2) is 14.5 Å². The van der Waals surface area contributed by atoms with Gasteiger partial charge in [0.15, 0.2) is 11.6 Å². The lowest BCUT2D eigenvalue weighted by molar-refractivity contribution is -0.137.